The number of ketones is 1. The van der Waals surface area contributed by atoms with Gasteiger partial charge in [-0.2, -0.15) is 0 Å². The van der Waals surface area contributed by atoms with Gasteiger partial charge in [-0.1, -0.05) is 30.4 Å². The van der Waals surface area contributed by atoms with Crippen molar-refractivity contribution < 1.29 is 9.59 Å². The molecule has 1 aliphatic rings. The highest BCUT2D eigenvalue weighted by Gasteiger charge is 2.23. The maximum Gasteiger partial charge on any atom is 0.252 e. The van der Waals surface area contributed by atoms with Crippen molar-refractivity contribution >= 4 is 11.7 Å². The molecule has 2 rings (SSSR count). The monoisotopic (exact) mass is 227 g/mol. The fourth-order valence-electron chi connectivity index (χ4n) is 1.61. The predicted molar refractivity (Wildman–Crippen MR) is 65.6 cm³/mol. The molecule has 0 unspecified atom stereocenters. The van der Waals surface area contributed by atoms with Crippen molar-refractivity contribution in [3.63, 3.8) is 0 Å². The van der Waals surface area contributed by atoms with Crippen LogP contribution in [0.15, 0.2) is 54.6 Å². The summed E-state index contributed by atoms with van der Waals surface area (Å²) in [6, 6.07) is 8.98. The second kappa shape index (κ2) is 4.37. The van der Waals surface area contributed by atoms with E-state index in [0.29, 0.717) is 5.56 Å². The number of carbonyl (C=O) groups is 2. The number of rotatable bonds is 2. The molecule has 0 aromatic heterocycles. The summed E-state index contributed by atoms with van der Waals surface area (Å²) >= 11 is 0. The van der Waals surface area contributed by atoms with Gasteiger partial charge in [0.25, 0.3) is 5.91 Å². The first kappa shape index (κ1) is 11.3. The standard InChI is InChI=1S/C14H13NO2/c1-14(9-7-12(16)8-10-14)15-13(17)11-5-3-2-4-6-11/h2-10H,1H3,(H,15,17). The van der Waals surface area contributed by atoms with E-state index < -0.39 is 5.54 Å². The topological polar surface area (TPSA) is 46.2 Å². The fraction of sp³-hybridized carbons (Fsp3) is 0.143. The summed E-state index contributed by atoms with van der Waals surface area (Å²) in [5.41, 5.74) is 0.00770. The molecule has 3 nitrogen and oxygen atoms in total. The molecule has 0 saturated carbocycles. The molecule has 0 heterocycles. The summed E-state index contributed by atoms with van der Waals surface area (Å²) in [7, 11) is 0. The van der Waals surface area contributed by atoms with E-state index in [1.165, 1.54) is 12.2 Å². The van der Waals surface area contributed by atoms with Gasteiger partial charge in [-0.25, -0.2) is 0 Å². The first-order valence-corrected chi connectivity index (χ1v) is 5.39. The second-order valence-corrected chi connectivity index (χ2v) is 4.17. The third-order valence-electron chi connectivity index (χ3n) is 2.61. The number of benzene rings is 1. The highest BCUT2D eigenvalue weighted by molar-refractivity contribution is 6.01. The van der Waals surface area contributed by atoms with Crippen LogP contribution in [0.4, 0.5) is 0 Å². The Labute approximate surface area is 99.8 Å². The van der Waals surface area contributed by atoms with E-state index in [1.807, 2.05) is 25.1 Å². The van der Waals surface area contributed by atoms with Crippen LogP contribution in [-0.2, 0) is 4.79 Å². The summed E-state index contributed by atoms with van der Waals surface area (Å²) in [6.07, 6.45) is 6.31. The van der Waals surface area contributed by atoms with Crippen molar-refractivity contribution in [2.24, 2.45) is 0 Å². The predicted octanol–water partition coefficient (Wildman–Crippen LogP) is 1.87. The summed E-state index contributed by atoms with van der Waals surface area (Å²) < 4.78 is 0. The van der Waals surface area contributed by atoms with Gasteiger partial charge in [-0.15, -0.1) is 0 Å². The van der Waals surface area contributed by atoms with Crippen LogP contribution >= 0.6 is 0 Å². The van der Waals surface area contributed by atoms with Gasteiger partial charge in [0, 0.05) is 5.56 Å². The van der Waals surface area contributed by atoms with Crippen LogP contribution < -0.4 is 5.32 Å². The molecule has 3 heteroatoms. The Morgan fingerprint density at radius 3 is 2.29 bits per heavy atom. The Bertz CT molecular complexity index is 484. The molecular weight excluding hydrogens is 214 g/mol. The van der Waals surface area contributed by atoms with Gasteiger partial charge in [0.1, 0.15) is 0 Å². The lowest BCUT2D eigenvalue weighted by atomic mass is 9.95. The molecule has 1 aliphatic carbocycles. The minimum atomic E-state index is -0.596. The van der Waals surface area contributed by atoms with E-state index in [1.54, 1.807) is 24.3 Å². The van der Waals surface area contributed by atoms with E-state index in [2.05, 4.69) is 5.32 Å². The average molecular weight is 227 g/mol. The zero-order valence-electron chi connectivity index (χ0n) is 9.51. The zero-order chi connectivity index (χ0) is 12.3. The lowest BCUT2D eigenvalue weighted by molar-refractivity contribution is -0.110. The first-order chi connectivity index (χ1) is 8.09. The Morgan fingerprint density at radius 1 is 1.12 bits per heavy atom. The Balaban J connectivity index is 2.12. The van der Waals surface area contributed by atoms with Crippen LogP contribution in [0.5, 0.6) is 0 Å². The van der Waals surface area contributed by atoms with E-state index >= 15 is 0 Å². The Hall–Kier alpha value is -2.16. The van der Waals surface area contributed by atoms with Gasteiger partial charge in [0.15, 0.2) is 5.78 Å². The largest absolute Gasteiger partial charge is 0.340 e. The SMILES string of the molecule is CC1(NC(=O)c2ccccc2)C=CC(=O)C=C1. The van der Waals surface area contributed by atoms with Crippen molar-refractivity contribution in [3.05, 3.63) is 60.2 Å². The number of amides is 1. The van der Waals surface area contributed by atoms with Gasteiger partial charge in [-0.3, -0.25) is 9.59 Å². The highest BCUT2D eigenvalue weighted by atomic mass is 16.2. The van der Waals surface area contributed by atoms with Gasteiger partial charge in [-0.05, 0) is 31.2 Å². The third-order valence-corrected chi connectivity index (χ3v) is 2.61. The molecule has 0 aliphatic heterocycles. The van der Waals surface area contributed by atoms with Crippen LogP contribution in [0.2, 0.25) is 0 Å². The minimum absolute atomic E-state index is 0.0589. The average Bonchev–Trinajstić information content (AvgIpc) is 2.34. The van der Waals surface area contributed by atoms with E-state index in [4.69, 9.17) is 0 Å². The van der Waals surface area contributed by atoms with Crippen LogP contribution in [0.1, 0.15) is 17.3 Å². The molecule has 86 valence electrons. The van der Waals surface area contributed by atoms with E-state index in [9.17, 15) is 9.59 Å². The smallest absolute Gasteiger partial charge is 0.252 e. The number of nitrogens with one attached hydrogen (secondary N) is 1. The normalized spacial score (nSPS) is 16.9. The zero-order valence-corrected chi connectivity index (χ0v) is 9.51. The lowest BCUT2D eigenvalue weighted by Crippen LogP contribution is -2.43. The van der Waals surface area contributed by atoms with E-state index in [0.717, 1.165) is 0 Å². The van der Waals surface area contributed by atoms with Crippen molar-refractivity contribution in [2.45, 2.75) is 12.5 Å². The van der Waals surface area contributed by atoms with Crippen LogP contribution in [0, 0.1) is 0 Å². The van der Waals surface area contributed by atoms with Crippen LogP contribution in [0.3, 0.4) is 0 Å². The number of carbonyl (C=O) groups excluding carboxylic acids is 2. The lowest BCUT2D eigenvalue weighted by Gasteiger charge is -2.25. The summed E-state index contributed by atoms with van der Waals surface area (Å²) in [6.45, 7) is 1.84. The Kier molecular flexibility index (Phi) is 2.91. The molecule has 1 aromatic carbocycles. The van der Waals surface area contributed by atoms with Crippen molar-refractivity contribution in [1.29, 1.82) is 0 Å². The minimum Gasteiger partial charge on any atom is -0.340 e. The number of hydrogen-bond acceptors (Lipinski definition) is 2. The van der Waals surface area contributed by atoms with Crippen LogP contribution in [-0.4, -0.2) is 17.2 Å². The summed E-state index contributed by atoms with van der Waals surface area (Å²) in [5, 5.41) is 2.87. The van der Waals surface area contributed by atoms with Crippen molar-refractivity contribution in [2.75, 3.05) is 0 Å². The molecule has 0 atom stereocenters. The highest BCUT2D eigenvalue weighted by Crippen LogP contribution is 2.14. The molecule has 1 aromatic rings. The quantitative estimate of drug-likeness (QED) is 0.838. The van der Waals surface area contributed by atoms with Gasteiger partial charge < -0.3 is 5.32 Å². The molecule has 0 radical (unpaired) electrons. The fourth-order valence-corrected chi connectivity index (χ4v) is 1.61. The van der Waals surface area contributed by atoms with Crippen molar-refractivity contribution in [1.82, 2.24) is 5.32 Å². The van der Waals surface area contributed by atoms with Gasteiger partial charge in [0.2, 0.25) is 0 Å². The first-order valence-electron chi connectivity index (χ1n) is 5.39. The molecule has 1 N–H and O–H groups in total. The maximum atomic E-state index is 11.9. The number of hydrogen-bond donors (Lipinski definition) is 1. The molecule has 0 spiro atoms. The maximum absolute atomic E-state index is 11.9. The van der Waals surface area contributed by atoms with Gasteiger partial charge in [0.05, 0.1) is 5.54 Å². The molecule has 0 fully saturated rings. The molecule has 17 heavy (non-hydrogen) atoms. The van der Waals surface area contributed by atoms with E-state index in [-0.39, 0.29) is 11.7 Å². The van der Waals surface area contributed by atoms with Gasteiger partial charge >= 0.3 is 0 Å². The Morgan fingerprint density at radius 2 is 1.71 bits per heavy atom. The molecule has 1 amide bonds. The summed E-state index contributed by atoms with van der Waals surface area (Å²) in [4.78, 5) is 23.0. The number of allylic oxidation sites excluding steroid dienone is 2. The van der Waals surface area contributed by atoms with Crippen molar-refractivity contribution in [3.8, 4) is 0 Å². The molecule has 0 saturated heterocycles. The molecular formula is C14H13NO2. The second-order valence-electron chi connectivity index (χ2n) is 4.17. The van der Waals surface area contributed by atoms with Crippen LogP contribution in [0.25, 0.3) is 0 Å². The summed E-state index contributed by atoms with van der Waals surface area (Å²) in [5.74, 6) is -0.215. The third kappa shape index (κ3) is 2.69. The molecule has 0 bridgehead atoms.